The summed E-state index contributed by atoms with van der Waals surface area (Å²) >= 11 is 6.18. The zero-order valence-electron chi connectivity index (χ0n) is 17.2. The lowest BCUT2D eigenvalue weighted by atomic mass is 10.0. The molecule has 1 heterocycles. The molecule has 1 fully saturated rings. The third-order valence-electron chi connectivity index (χ3n) is 5.57. The number of nitrogens with one attached hydrogen (secondary N) is 1. The fraction of sp³-hybridized carbons (Fsp3) is 0.435. The van der Waals surface area contributed by atoms with Gasteiger partial charge in [0.25, 0.3) is 0 Å². The first kappa shape index (κ1) is 21.5. The quantitative estimate of drug-likeness (QED) is 0.559. The van der Waals surface area contributed by atoms with Crippen LogP contribution in [0, 0.1) is 13.8 Å². The molecule has 1 aliphatic heterocycles. The molecule has 29 heavy (non-hydrogen) atoms. The molecule has 0 spiro atoms. The second-order valence-electron chi connectivity index (χ2n) is 7.78. The Morgan fingerprint density at radius 2 is 2.07 bits per heavy atom. The van der Waals surface area contributed by atoms with E-state index in [0.29, 0.717) is 6.54 Å². The van der Waals surface area contributed by atoms with Crippen molar-refractivity contribution in [3.05, 3.63) is 63.7 Å². The van der Waals surface area contributed by atoms with E-state index >= 15 is 0 Å². The zero-order valence-corrected chi connectivity index (χ0v) is 18.0. The lowest BCUT2D eigenvalue weighted by Gasteiger charge is -2.22. The number of rotatable bonds is 7. The molecule has 0 amide bonds. The third-order valence-corrected chi connectivity index (χ3v) is 6.00. The predicted molar refractivity (Wildman–Crippen MR) is 117 cm³/mol. The zero-order chi connectivity index (χ0) is 21.0. The molecule has 6 heteroatoms. The van der Waals surface area contributed by atoms with Crippen LogP contribution in [0.3, 0.4) is 0 Å². The number of aryl methyl sites for hydroxylation is 2. The normalized spacial score (nSPS) is 17.9. The Bertz CT molecular complexity index is 871. The van der Waals surface area contributed by atoms with Crippen molar-refractivity contribution in [1.82, 2.24) is 4.90 Å². The molecule has 5 nitrogen and oxygen atoms in total. The number of likely N-dealkylation sites (tertiary alicyclic amines) is 1. The molecule has 0 bridgehead atoms. The summed E-state index contributed by atoms with van der Waals surface area (Å²) in [5.74, 6) is 0. The van der Waals surface area contributed by atoms with Crippen molar-refractivity contribution in [1.29, 1.82) is 0 Å². The molecule has 0 radical (unpaired) electrons. The summed E-state index contributed by atoms with van der Waals surface area (Å²) in [5, 5.41) is 13.3. The van der Waals surface area contributed by atoms with Crippen LogP contribution in [0.5, 0.6) is 0 Å². The first-order chi connectivity index (χ1) is 13.9. The SMILES string of the molecule is CC[C@@H](Nc1ccc(C)c(CN2CC[C@@H](OC(=O)O)C2)c1)c1ccc(Cl)c(C)c1. The van der Waals surface area contributed by atoms with Crippen molar-refractivity contribution >= 4 is 23.4 Å². The van der Waals surface area contributed by atoms with Crippen molar-refractivity contribution in [2.24, 2.45) is 0 Å². The topological polar surface area (TPSA) is 61.8 Å². The molecular weight excluding hydrogens is 388 g/mol. The maximum atomic E-state index is 10.8. The summed E-state index contributed by atoms with van der Waals surface area (Å²) in [5.41, 5.74) is 5.87. The maximum absolute atomic E-state index is 10.8. The van der Waals surface area contributed by atoms with Crippen molar-refractivity contribution in [2.75, 3.05) is 18.4 Å². The lowest BCUT2D eigenvalue weighted by molar-refractivity contribution is 0.0548. The highest BCUT2D eigenvalue weighted by Gasteiger charge is 2.25. The standard InChI is InChI=1S/C23H29ClN2O3/c1-4-22(17-6-8-21(24)16(3)11-17)25-19-7-5-15(2)18(12-19)13-26-10-9-20(14-26)29-23(27)28/h5-8,11-12,20,22,25H,4,9-10,13-14H2,1-3H3,(H,27,28)/t20-,22-/m1/s1. The summed E-state index contributed by atoms with van der Waals surface area (Å²) in [6.45, 7) is 8.59. The molecule has 0 unspecified atom stereocenters. The molecule has 2 atom stereocenters. The van der Waals surface area contributed by atoms with Crippen molar-refractivity contribution < 1.29 is 14.6 Å². The Morgan fingerprint density at radius 1 is 1.28 bits per heavy atom. The number of carboxylic acid groups (broad SMARTS) is 1. The van der Waals surface area contributed by atoms with Crippen molar-refractivity contribution in [3.63, 3.8) is 0 Å². The summed E-state index contributed by atoms with van der Waals surface area (Å²) in [6.07, 6.45) is 0.288. The summed E-state index contributed by atoms with van der Waals surface area (Å²) < 4.78 is 4.92. The highest BCUT2D eigenvalue weighted by Crippen LogP contribution is 2.28. The van der Waals surface area contributed by atoms with E-state index in [0.717, 1.165) is 42.2 Å². The Kier molecular flexibility index (Phi) is 7.04. The van der Waals surface area contributed by atoms with Crippen LogP contribution < -0.4 is 5.32 Å². The first-order valence-corrected chi connectivity index (χ1v) is 10.5. The minimum atomic E-state index is -1.19. The van der Waals surface area contributed by atoms with Gasteiger partial charge in [0.05, 0.1) is 6.04 Å². The fourth-order valence-corrected chi connectivity index (χ4v) is 3.98. The molecule has 3 rings (SSSR count). The summed E-state index contributed by atoms with van der Waals surface area (Å²) in [4.78, 5) is 13.0. The van der Waals surface area contributed by atoms with Gasteiger partial charge in [0.15, 0.2) is 0 Å². The second-order valence-corrected chi connectivity index (χ2v) is 8.19. The van der Waals surface area contributed by atoms with Gasteiger partial charge < -0.3 is 15.2 Å². The van der Waals surface area contributed by atoms with Crippen molar-refractivity contribution in [3.8, 4) is 0 Å². The molecular formula is C23H29ClN2O3. The fourth-order valence-electron chi connectivity index (χ4n) is 3.86. The van der Waals surface area contributed by atoms with Crippen LogP contribution >= 0.6 is 11.6 Å². The van der Waals surface area contributed by atoms with Crippen LogP contribution in [-0.2, 0) is 11.3 Å². The number of nitrogens with zero attached hydrogens (tertiary/aromatic N) is 1. The monoisotopic (exact) mass is 416 g/mol. The molecule has 0 aliphatic carbocycles. The van der Waals surface area contributed by atoms with E-state index in [1.807, 2.05) is 13.0 Å². The number of halogens is 1. The largest absolute Gasteiger partial charge is 0.506 e. The second kappa shape index (κ2) is 9.51. The molecule has 2 aromatic carbocycles. The summed E-state index contributed by atoms with van der Waals surface area (Å²) in [7, 11) is 0. The number of benzene rings is 2. The van der Waals surface area contributed by atoms with E-state index in [4.69, 9.17) is 21.4 Å². The Balaban J connectivity index is 1.69. The average molecular weight is 417 g/mol. The van der Waals surface area contributed by atoms with Crippen LogP contribution in [-0.4, -0.2) is 35.4 Å². The number of carbonyl (C=O) groups is 1. The van der Waals surface area contributed by atoms with E-state index in [-0.39, 0.29) is 12.1 Å². The minimum absolute atomic E-state index is 0.210. The van der Waals surface area contributed by atoms with E-state index in [2.05, 4.69) is 54.4 Å². The van der Waals surface area contributed by atoms with Gasteiger partial charge in [-0.1, -0.05) is 36.7 Å². The van der Waals surface area contributed by atoms with Crippen molar-refractivity contribution in [2.45, 2.75) is 52.3 Å². The predicted octanol–water partition coefficient (Wildman–Crippen LogP) is 5.79. The minimum Gasteiger partial charge on any atom is -0.450 e. The van der Waals surface area contributed by atoms with Crippen LogP contribution in [0.1, 0.15) is 48.1 Å². The van der Waals surface area contributed by atoms with E-state index < -0.39 is 6.16 Å². The molecule has 2 N–H and O–H groups in total. The van der Waals surface area contributed by atoms with Gasteiger partial charge in [-0.2, -0.15) is 0 Å². The van der Waals surface area contributed by atoms with Gasteiger partial charge in [-0.15, -0.1) is 0 Å². The van der Waals surface area contributed by atoms with Crippen LogP contribution in [0.15, 0.2) is 36.4 Å². The van der Waals surface area contributed by atoms with Gasteiger partial charge in [-0.25, -0.2) is 4.79 Å². The first-order valence-electron chi connectivity index (χ1n) is 10.1. The Labute approximate surface area is 177 Å². The highest BCUT2D eigenvalue weighted by atomic mass is 35.5. The molecule has 156 valence electrons. The van der Waals surface area contributed by atoms with E-state index in [9.17, 15) is 4.79 Å². The van der Waals surface area contributed by atoms with Gasteiger partial charge in [-0.3, -0.25) is 4.90 Å². The van der Waals surface area contributed by atoms with Gasteiger partial charge in [0.2, 0.25) is 0 Å². The molecule has 0 aromatic heterocycles. The maximum Gasteiger partial charge on any atom is 0.506 e. The molecule has 1 aliphatic rings. The summed E-state index contributed by atoms with van der Waals surface area (Å²) in [6, 6.07) is 12.8. The Morgan fingerprint density at radius 3 is 2.76 bits per heavy atom. The van der Waals surface area contributed by atoms with Crippen LogP contribution in [0.4, 0.5) is 10.5 Å². The molecule has 0 saturated carbocycles. The average Bonchev–Trinajstić information content (AvgIpc) is 3.10. The van der Waals surface area contributed by atoms with Gasteiger partial charge in [0, 0.05) is 30.3 Å². The molecule has 2 aromatic rings. The number of anilines is 1. The smallest absolute Gasteiger partial charge is 0.450 e. The van der Waals surface area contributed by atoms with E-state index in [1.54, 1.807) is 0 Å². The van der Waals surface area contributed by atoms with E-state index in [1.165, 1.54) is 16.7 Å². The molecule has 1 saturated heterocycles. The number of ether oxygens (including phenoxy) is 1. The van der Waals surface area contributed by atoms with Gasteiger partial charge >= 0.3 is 6.16 Å². The van der Waals surface area contributed by atoms with Gasteiger partial charge in [-0.05, 0) is 67.1 Å². The lowest BCUT2D eigenvalue weighted by Crippen LogP contribution is -2.24. The Hall–Kier alpha value is -2.24. The van der Waals surface area contributed by atoms with Crippen LogP contribution in [0.2, 0.25) is 5.02 Å². The number of hydrogen-bond acceptors (Lipinski definition) is 4. The van der Waals surface area contributed by atoms with Crippen LogP contribution in [0.25, 0.3) is 0 Å². The third kappa shape index (κ3) is 5.64. The highest BCUT2D eigenvalue weighted by molar-refractivity contribution is 6.31. The number of hydrogen-bond donors (Lipinski definition) is 2. The van der Waals surface area contributed by atoms with Gasteiger partial charge in [0.1, 0.15) is 6.10 Å².